The molecule has 0 unspecified atom stereocenters. The average molecular weight is 281 g/mol. The van der Waals surface area contributed by atoms with Crippen LogP contribution in [0.2, 0.25) is 0 Å². The van der Waals surface area contributed by atoms with Crippen molar-refractivity contribution in [2.75, 3.05) is 11.5 Å². The number of amidine groups is 1. The van der Waals surface area contributed by atoms with Crippen LogP contribution in [0.5, 0.6) is 0 Å². The Kier molecular flexibility index (Phi) is 6.47. The van der Waals surface area contributed by atoms with E-state index in [4.69, 9.17) is 11.1 Å². The molecule has 0 bridgehead atoms. The van der Waals surface area contributed by atoms with Crippen LogP contribution in [0.15, 0.2) is 35.2 Å². The number of halogens is 1. The Bertz CT molecular complexity index is 434. The molecular weight excluding hydrogens is 268 g/mol. The van der Waals surface area contributed by atoms with Gasteiger partial charge in [-0.2, -0.15) is 0 Å². The minimum Gasteiger partial charge on any atom is -0.379 e. The first-order valence-corrected chi connectivity index (χ1v) is 6.91. The highest BCUT2D eigenvalue weighted by atomic mass is 35.5. The number of nitrogens with one attached hydrogen (secondary N) is 1. The fraction of sp³-hybridized carbons (Fsp3) is 0.222. The zero-order valence-corrected chi connectivity index (χ0v) is 10.9. The standard InChI is InChI=1S/C9H12N2O2S2.ClH/c10-9(11)14-6-7-15(12,13)8-4-2-1-3-5-8;/h1-5H,6-7H2,(H3,10,11);1H. The normalized spacial score (nSPS) is 10.5. The van der Waals surface area contributed by atoms with E-state index in [9.17, 15) is 8.42 Å². The number of nitrogens with two attached hydrogens (primary N) is 1. The fourth-order valence-corrected chi connectivity index (χ4v) is 3.25. The summed E-state index contributed by atoms with van der Waals surface area (Å²) in [4.78, 5) is 0.314. The summed E-state index contributed by atoms with van der Waals surface area (Å²) in [7, 11) is -3.23. The number of thioether (sulfide) groups is 1. The van der Waals surface area contributed by atoms with Gasteiger partial charge >= 0.3 is 0 Å². The molecular formula is C9H13ClN2O2S2. The Morgan fingerprint density at radius 3 is 2.38 bits per heavy atom. The van der Waals surface area contributed by atoms with E-state index in [1.165, 1.54) is 0 Å². The van der Waals surface area contributed by atoms with E-state index < -0.39 is 9.84 Å². The number of hydrogen-bond donors (Lipinski definition) is 2. The first-order valence-electron chi connectivity index (χ1n) is 4.27. The third-order valence-electron chi connectivity index (χ3n) is 1.71. The van der Waals surface area contributed by atoms with Crippen molar-refractivity contribution in [3.05, 3.63) is 30.3 Å². The van der Waals surface area contributed by atoms with Crippen molar-refractivity contribution in [2.45, 2.75) is 4.90 Å². The maximum Gasteiger partial charge on any atom is 0.179 e. The van der Waals surface area contributed by atoms with Crippen molar-refractivity contribution in [2.24, 2.45) is 5.73 Å². The lowest BCUT2D eigenvalue weighted by molar-refractivity contribution is 0.597. The predicted molar refractivity (Wildman–Crippen MR) is 70.1 cm³/mol. The molecule has 0 amide bonds. The summed E-state index contributed by atoms with van der Waals surface area (Å²) in [5, 5.41) is 6.90. The summed E-state index contributed by atoms with van der Waals surface area (Å²) >= 11 is 1.03. The lowest BCUT2D eigenvalue weighted by atomic mass is 10.4. The molecule has 4 nitrogen and oxygen atoms in total. The van der Waals surface area contributed by atoms with Gasteiger partial charge in [0.2, 0.25) is 0 Å². The SMILES string of the molecule is Cl.N=C(N)SCCS(=O)(=O)c1ccccc1. The van der Waals surface area contributed by atoms with Crippen LogP contribution in [0.25, 0.3) is 0 Å². The monoisotopic (exact) mass is 280 g/mol. The lowest BCUT2D eigenvalue weighted by Gasteiger charge is -2.02. The van der Waals surface area contributed by atoms with Crippen LogP contribution in [0.4, 0.5) is 0 Å². The van der Waals surface area contributed by atoms with Crippen LogP contribution in [-0.4, -0.2) is 25.1 Å². The molecule has 0 aliphatic heterocycles. The molecule has 0 radical (unpaired) electrons. The number of sulfone groups is 1. The Morgan fingerprint density at radius 1 is 1.31 bits per heavy atom. The third kappa shape index (κ3) is 4.87. The van der Waals surface area contributed by atoms with Gasteiger partial charge in [-0.15, -0.1) is 12.4 Å². The van der Waals surface area contributed by atoms with Crippen LogP contribution in [0.1, 0.15) is 0 Å². The second kappa shape index (κ2) is 6.78. The van der Waals surface area contributed by atoms with Gasteiger partial charge < -0.3 is 5.73 Å². The number of benzene rings is 1. The Morgan fingerprint density at radius 2 is 1.88 bits per heavy atom. The highest BCUT2D eigenvalue weighted by molar-refractivity contribution is 8.14. The van der Waals surface area contributed by atoms with Crippen LogP contribution < -0.4 is 5.73 Å². The molecule has 1 aromatic carbocycles. The maximum atomic E-state index is 11.7. The van der Waals surface area contributed by atoms with Crippen LogP contribution >= 0.6 is 24.2 Å². The van der Waals surface area contributed by atoms with Crippen LogP contribution in [-0.2, 0) is 9.84 Å². The summed E-state index contributed by atoms with van der Waals surface area (Å²) in [5.74, 6) is 0.313. The zero-order valence-electron chi connectivity index (χ0n) is 8.42. The molecule has 3 N–H and O–H groups in total. The van der Waals surface area contributed by atoms with Crippen molar-refractivity contribution in [1.29, 1.82) is 5.41 Å². The minimum absolute atomic E-state index is 0. The van der Waals surface area contributed by atoms with Gasteiger partial charge in [-0.1, -0.05) is 30.0 Å². The van der Waals surface area contributed by atoms with E-state index in [1.807, 2.05) is 0 Å². The first-order chi connectivity index (χ1) is 7.02. The predicted octanol–water partition coefficient (Wildman–Crippen LogP) is 1.51. The topological polar surface area (TPSA) is 84.0 Å². The van der Waals surface area contributed by atoms with Crippen molar-refractivity contribution in [1.82, 2.24) is 0 Å². The molecule has 16 heavy (non-hydrogen) atoms. The van der Waals surface area contributed by atoms with Gasteiger partial charge in [0.15, 0.2) is 15.0 Å². The van der Waals surface area contributed by atoms with E-state index >= 15 is 0 Å². The highest BCUT2D eigenvalue weighted by Gasteiger charge is 2.13. The molecule has 0 atom stereocenters. The van der Waals surface area contributed by atoms with Gasteiger partial charge in [0, 0.05) is 5.75 Å². The Hall–Kier alpha value is -0.720. The second-order valence-corrected chi connectivity index (χ2v) is 6.09. The molecule has 0 saturated heterocycles. The van der Waals surface area contributed by atoms with Gasteiger partial charge in [-0.25, -0.2) is 8.42 Å². The van der Waals surface area contributed by atoms with E-state index in [-0.39, 0.29) is 23.3 Å². The third-order valence-corrected chi connectivity index (χ3v) is 4.42. The molecule has 7 heteroatoms. The van der Waals surface area contributed by atoms with Crippen molar-refractivity contribution < 1.29 is 8.42 Å². The smallest absolute Gasteiger partial charge is 0.179 e. The summed E-state index contributed by atoms with van der Waals surface area (Å²) in [5.41, 5.74) is 5.11. The van der Waals surface area contributed by atoms with Gasteiger partial charge in [-0.3, -0.25) is 5.41 Å². The fourth-order valence-electron chi connectivity index (χ4n) is 1.01. The summed E-state index contributed by atoms with van der Waals surface area (Å²) in [6, 6.07) is 8.26. The van der Waals surface area contributed by atoms with E-state index in [0.29, 0.717) is 10.6 Å². The number of hydrogen-bond acceptors (Lipinski definition) is 4. The molecule has 90 valence electrons. The molecule has 0 aromatic heterocycles. The lowest BCUT2D eigenvalue weighted by Crippen LogP contribution is -2.12. The number of rotatable bonds is 4. The molecule has 0 saturated carbocycles. The molecule has 0 spiro atoms. The van der Waals surface area contributed by atoms with Crippen molar-refractivity contribution in [3.63, 3.8) is 0 Å². The molecule has 0 aliphatic carbocycles. The van der Waals surface area contributed by atoms with Gasteiger partial charge in [0.25, 0.3) is 0 Å². The van der Waals surface area contributed by atoms with E-state index in [0.717, 1.165) is 11.8 Å². The summed E-state index contributed by atoms with van der Waals surface area (Å²) in [6.45, 7) is 0. The van der Waals surface area contributed by atoms with Gasteiger partial charge in [-0.05, 0) is 12.1 Å². The minimum atomic E-state index is -3.23. The Labute approximate surface area is 105 Å². The van der Waals surface area contributed by atoms with Crippen LogP contribution in [0.3, 0.4) is 0 Å². The summed E-state index contributed by atoms with van der Waals surface area (Å²) in [6.07, 6.45) is 0. The van der Waals surface area contributed by atoms with Crippen molar-refractivity contribution >= 4 is 39.2 Å². The summed E-state index contributed by atoms with van der Waals surface area (Å²) < 4.78 is 23.4. The molecule has 1 aromatic rings. The highest BCUT2D eigenvalue weighted by Crippen LogP contribution is 2.11. The largest absolute Gasteiger partial charge is 0.379 e. The average Bonchev–Trinajstić information content (AvgIpc) is 2.18. The zero-order chi connectivity index (χ0) is 11.3. The molecule has 0 fully saturated rings. The quantitative estimate of drug-likeness (QED) is 0.647. The van der Waals surface area contributed by atoms with Crippen molar-refractivity contribution in [3.8, 4) is 0 Å². The molecule has 0 heterocycles. The second-order valence-electron chi connectivity index (χ2n) is 2.84. The molecule has 0 aliphatic rings. The van der Waals surface area contributed by atoms with E-state index in [1.54, 1.807) is 30.3 Å². The van der Waals surface area contributed by atoms with E-state index in [2.05, 4.69) is 0 Å². The van der Waals surface area contributed by atoms with Gasteiger partial charge in [0.05, 0.1) is 10.6 Å². The first kappa shape index (κ1) is 15.3. The Balaban J connectivity index is 0.00000225. The maximum absolute atomic E-state index is 11.7. The molecule has 1 rings (SSSR count). The van der Waals surface area contributed by atoms with Crippen LogP contribution in [0, 0.1) is 5.41 Å². The van der Waals surface area contributed by atoms with Gasteiger partial charge in [0.1, 0.15) is 0 Å².